The Bertz CT molecular complexity index is 764. The first-order valence-corrected chi connectivity index (χ1v) is 5.83. The van der Waals surface area contributed by atoms with Gasteiger partial charge in [0.1, 0.15) is 5.52 Å². The number of nitrogens with zero attached hydrogens (tertiary/aromatic N) is 2. The zero-order chi connectivity index (χ0) is 12.7. The van der Waals surface area contributed by atoms with Gasteiger partial charge < -0.3 is 15.4 Å². The number of nitrogen functional groups attached to an aromatic ring is 1. The van der Waals surface area contributed by atoms with E-state index in [0.717, 1.165) is 16.3 Å². The van der Waals surface area contributed by atoms with Crippen molar-refractivity contribution in [1.29, 1.82) is 0 Å². The molecule has 3 N–H and O–H groups in total. The summed E-state index contributed by atoms with van der Waals surface area (Å²) < 4.78 is 1.99. The maximum atomic E-state index is 11.9. The smallest absolute Gasteiger partial charge is 0.227 e. The number of anilines is 1. The number of aryl methyl sites for hydroxylation is 1. The zero-order valence-corrected chi connectivity index (χ0v) is 9.76. The van der Waals surface area contributed by atoms with Gasteiger partial charge in [0.05, 0.1) is 11.2 Å². The highest BCUT2D eigenvalue weighted by molar-refractivity contribution is 6.09. The van der Waals surface area contributed by atoms with Gasteiger partial charge in [0.15, 0.2) is 0 Å². The van der Waals surface area contributed by atoms with Crippen LogP contribution in [0.2, 0.25) is 0 Å². The lowest BCUT2D eigenvalue weighted by Crippen LogP contribution is -2.10. The lowest BCUT2D eigenvalue weighted by atomic mass is 10.1. The van der Waals surface area contributed by atoms with Crippen molar-refractivity contribution < 1.29 is 5.11 Å². The summed E-state index contributed by atoms with van der Waals surface area (Å²) in [4.78, 5) is 16.0. The second-order valence-corrected chi connectivity index (χ2v) is 4.34. The topological polar surface area (TPSA) is 81.1 Å². The van der Waals surface area contributed by atoms with Gasteiger partial charge in [-0.2, -0.15) is 0 Å². The van der Waals surface area contributed by atoms with Crippen LogP contribution >= 0.6 is 0 Å². The Kier molecular flexibility index (Phi) is 2.41. The van der Waals surface area contributed by atoms with Crippen LogP contribution in [-0.4, -0.2) is 21.3 Å². The number of hydrogen-bond donors (Lipinski definition) is 2. The van der Waals surface area contributed by atoms with Crippen molar-refractivity contribution in [1.82, 2.24) is 9.55 Å². The van der Waals surface area contributed by atoms with Crippen LogP contribution in [0.15, 0.2) is 29.3 Å². The summed E-state index contributed by atoms with van der Waals surface area (Å²) >= 11 is 0. The van der Waals surface area contributed by atoms with Crippen molar-refractivity contribution in [2.24, 2.45) is 0 Å². The third-order valence-electron chi connectivity index (χ3n) is 3.18. The fourth-order valence-corrected chi connectivity index (χ4v) is 2.30. The largest absolute Gasteiger partial charge is 0.396 e. The number of pyridine rings is 1. The Balaban J connectivity index is 2.37. The minimum absolute atomic E-state index is 0.134. The second kappa shape index (κ2) is 3.96. The minimum Gasteiger partial charge on any atom is -0.396 e. The van der Waals surface area contributed by atoms with E-state index >= 15 is 0 Å². The first-order valence-electron chi connectivity index (χ1n) is 5.83. The van der Waals surface area contributed by atoms with E-state index < -0.39 is 0 Å². The molecule has 5 nitrogen and oxygen atoms in total. The number of aromatic nitrogens is 2. The average Bonchev–Trinajstić information content (AvgIpc) is 2.80. The van der Waals surface area contributed by atoms with Crippen LogP contribution in [0.1, 0.15) is 6.42 Å². The van der Waals surface area contributed by atoms with E-state index in [1.165, 1.54) is 0 Å². The number of rotatable bonds is 3. The number of aliphatic hydroxyl groups excluding tert-OH is 1. The highest BCUT2D eigenvalue weighted by Crippen LogP contribution is 2.25. The third-order valence-corrected chi connectivity index (χ3v) is 3.18. The van der Waals surface area contributed by atoms with Crippen LogP contribution in [0.25, 0.3) is 21.8 Å². The van der Waals surface area contributed by atoms with Crippen LogP contribution in [0.4, 0.5) is 5.69 Å². The van der Waals surface area contributed by atoms with Crippen molar-refractivity contribution in [3.05, 3.63) is 34.7 Å². The molecule has 3 rings (SSSR count). The quantitative estimate of drug-likeness (QED) is 0.671. The molecule has 1 aromatic carbocycles. The van der Waals surface area contributed by atoms with E-state index in [9.17, 15) is 4.79 Å². The van der Waals surface area contributed by atoms with E-state index in [-0.39, 0.29) is 17.7 Å². The summed E-state index contributed by atoms with van der Waals surface area (Å²) in [7, 11) is 0. The Morgan fingerprint density at radius 3 is 3.06 bits per heavy atom. The molecular weight excluding hydrogens is 230 g/mol. The average molecular weight is 243 g/mol. The predicted molar refractivity (Wildman–Crippen MR) is 70.8 cm³/mol. The molecule has 3 aromatic rings. The van der Waals surface area contributed by atoms with Gasteiger partial charge in [-0.15, -0.1) is 0 Å². The fourth-order valence-electron chi connectivity index (χ4n) is 2.30. The predicted octanol–water partition coefficient (Wildman–Crippen LogP) is 0.952. The molecule has 0 radical (unpaired) electrons. The number of hydrogen-bond acceptors (Lipinski definition) is 4. The molecule has 0 amide bonds. The molecule has 0 atom stereocenters. The van der Waals surface area contributed by atoms with Gasteiger partial charge in [-0.25, -0.2) is 0 Å². The molecule has 0 unspecified atom stereocenters. The molecule has 2 aromatic heterocycles. The Labute approximate surface area is 103 Å². The van der Waals surface area contributed by atoms with Gasteiger partial charge in [0.25, 0.3) is 0 Å². The SMILES string of the molecule is Nc1cc2c3c(ccn2CCCO)cnc3c1=O. The lowest BCUT2D eigenvalue weighted by Gasteiger charge is -2.10. The molecule has 5 heteroatoms. The molecule has 0 aliphatic carbocycles. The minimum atomic E-state index is -0.211. The van der Waals surface area contributed by atoms with E-state index in [1.54, 1.807) is 12.3 Å². The van der Waals surface area contributed by atoms with Gasteiger partial charge in [-0.1, -0.05) is 0 Å². The molecule has 0 aliphatic rings. The fraction of sp³-hybridized carbons (Fsp3) is 0.231. The summed E-state index contributed by atoms with van der Waals surface area (Å²) in [5.74, 6) is 0. The molecule has 0 bridgehead atoms. The molecular formula is C13H13N3O2. The summed E-state index contributed by atoms with van der Waals surface area (Å²) in [5.41, 5.74) is 7.06. The molecule has 18 heavy (non-hydrogen) atoms. The van der Waals surface area contributed by atoms with Crippen molar-refractivity contribution in [3.8, 4) is 0 Å². The van der Waals surface area contributed by atoms with Crippen LogP contribution in [0.5, 0.6) is 0 Å². The zero-order valence-electron chi connectivity index (χ0n) is 9.76. The normalized spacial score (nSPS) is 11.6. The van der Waals surface area contributed by atoms with Gasteiger partial charge >= 0.3 is 0 Å². The maximum absolute atomic E-state index is 11.9. The van der Waals surface area contributed by atoms with Crippen LogP contribution in [-0.2, 0) is 6.54 Å². The van der Waals surface area contributed by atoms with E-state index in [4.69, 9.17) is 10.8 Å². The van der Waals surface area contributed by atoms with Crippen molar-refractivity contribution in [3.63, 3.8) is 0 Å². The van der Waals surface area contributed by atoms with Gasteiger partial charge in [0.2, 0.25) is 5.43 Å². The molecule has 0 spiro atoms. The first-order chi connectivity index (χ1) is 8.72. The van der Waals surface area contributed by atoms with Crippen molar-refractivity contribution >= 4 is 27.5 Å². The van der Waals surface area contributed by atoms with Crippen LogP contribution in [0, 0.1) is 0 Å². The monoisotopic (exact) mass is 243 g/mol. The van der Waals surface area contributed by atoms with Gasteiger partial charge in [-0.3, -0.25) is 9.78 Å². The summed E-state index contributed by atoms with van der Waals surface area (Å²) in [5, 5.41) is 10.7. The standard InChI is InChI=1S/C13H13N3O2/c14-9-6-10-11-8(7-15-12(11)13(9)18)2-4-16(10)3-1-5-17/h2,4,6-7,17H,1,3,5,14H2. The maximum Gasteiger partial charge on any atom is 0.227 e. The Morgan fingerprint density at radius 1 is 1.44 bits per heavy atom. The summed E-state index contributed by atoms with van der Waals surface area (Å²) in [6.07, 6.45) is 4.28. The van der Waals surface area contributed by atoms with Gasteiger partial charge in [0, 0.05) is 36.3 Å². The number of benzene rings is 1. The first kappa shape index (κ1) is 11.0. The second-order valence-electron chi connectivity index (χ2n) is 4.34. The van der Waals surface area contributed by atoms with Gasteiger partial charge in [-0.05, 0) is 18.6 Å². The Morgan fingerprint density at radius 2 is 2.28 bits per heavy atom. The molecule has 2 heterocycles. The number of nitrogens with two attached hydrogens (primary N) is 1. The lowest BCUT2D eigenvalue weighted by molar-refractivity contribution is 0.280. The van der Waals surface area contributed by atoms with E-state index in [2.05, 4.69) is 4.98 Å². The molecule has 0 saturated heterocycles. The van der Waals surface area contributed by atoms with Crippen molar-refractivity contribution in [2.45, 2.75) is 13.0 Å². The molecule has 0 saturated carbocycles. The molecule has 92 valence electrons. The summed E-state index contributed by atoms with van der Waals surface area (Å²) in [6.45, 7) is 0.819. The number of aliphatic hydroxyl groups is 1. The van der Waals surface area contributed by atoms with E-state index in [1.807, 2.05) is 16.8 Å². The molecule has 0 aliphatic heterocycles. The third kappa shape index (κ3) is 1.44. The van der Waals surface area contributed by atoms with Crippen LogP contribution < -0.4 is 11.2 Å². The highest BCUT2D eigenvalue weighted by Gasteiger charge is 2.12. The molecule has 0 fully saturated rings. The summed E-state index contributed by atoms with van der Waals surface area (Å²) in [6, 6.07) is 3.62. The van der Waals surface area contributed by atoms with Crippen LogP contribution in [0.3, 0.4) is 0 Å². The highest BCUT2D eigenvalue weighted by atomic mass is 16.3. The van der Waals surface area contributed by atoms with E-state index in [0.29, 0.717) is 18.5 Å². The Hall–Kier alpha value is -2.14. The van der Waals surface area contributed by atoms with Crippen molar-refractivity contribution in [2.75, 3.05) is 12.3 Å².